The van der Waals surface area contributed by atoms with Crippen molar-refractivity contribution in [2.24, 2.45) is 0 Å². The lowest BCUT2D eigenvalue weighted by molar-refractivity contribution is 0.600. The second kappa shape index (κ2) is 5.82. The predicted octanol–water partition coefficient (Wildman–Crippen LogP) is 3.50. The Morgan fingerprint density at radius 3 is 2.57 bits per heavy atom. The van der Waals surface area contributed by atoms with Crippen LogP contribution in [0.2, 0.25) is 5.15 Å². The van der Waals surface area contributed by atoms with Crippen molar-refractivity contribution in [1.82, 2.24) is 4.98 Å². The summed E-state index contributed by atoms with van der Waals surface area (Å²) in [5.74, 6) is 0. The Morgan fingerprint density at radius 2 is 1.95 bits per heavy atom. The van der Waals surface area contributed by atoms with E-state index in [1.165, 1.54) is 12.3 Å². The molecule has 8 heteroatoms. The Hall–Kier alpha value is -1.31. The van der Waals surface area contributed by atoms with Gasteiger partial charge in [-0.1, -0.05) is 11.6 Å². The SMILES string of the molecule is Cc1cc(Br)c(N)cc1S(=O)(=O)Nc1c(C)ccnc1Cl. The van der Waals surface area contributed by atoms with Gasteiger partial charge in [-0.25, -0.2) is 13.4 Å². The summed E-state index contributed by atoms with van der Waals surface area (Å²) in [4.78, 5) is 3.98. The molecular weight excluding hydrogens is 378 g/mol. The maximum atomic E-state index is 12.5. The van der Waals surface area contributed by atoms with Crippen LogP contribution in [0.3, 0.4) is 0 Å². The number of pyridine rings is 1. The number of aromatic nitrogens is 1. The average Bonchev–Trinajstić information content (AvgIpc) is 2.38. The first kappa shape index (κ1) is 16.1. The van der Waals surface area contributed by atoms with Crippen molar-refractivity contribution in [3.8, 4) is 0 Å². The van der Waals surface area contributed by atoms with E-state index in [9.17, 15) is 8.42 Å². The van der Waals surface area contributed by atoms with Crippen LogP contribution in [0, 0.1) is 13.8 Å². The van der Waals surface area contributed by atoms with Crippen LogP contribution in [0.25, 0.3) is 0 Å². The van der Waals surface area contributed by atoms with E-state index in [2.05, 4.69) is 25.6 Å². The van der Waals surface area contributed by atoms with Gasteiger partial charge < -0.3 is 5.73 Å². The molecule has 0 radical (unpaired) electrons. The fourth-order valence-electron chi connectivity index (χ4n) is 1.80. The quantitative estimate of drug-likeness (QED) is 0.620. The second-order valence-electron chi connectivity index (χ2n) is 4.54. The van der Waals surface area contributed by atoms with Crippen LogP contribution < -0.4 is 10.5 Å². The van der Waals surface area contributed by atoms with Gasteiger partial charge in [-0.2, -0.15) is 0 Å². The summed E-state index contributed by atoms with van der Waals surface area (Å²) >= 11 is 9.21. The van der Waals surface area contributed by atoms with Crippen LogP contribution in [-0.2, 0) is 10.0 Å². The number of nitrogens with zero attached hydrogens (tertiary/aromatic N) is 1. The largest absolute Gasteiger partial charge is 0.398 e. The normalized spacial score (nSPS) is 11.4. The molecule has 0 unspecified atom stereocenters. The summed E-state index contributed by atoms with van der Waals surface area (Å²) in [6, 6.07) is 4.73. The second-order valence-corrected chi connectivity index (χ2v) is 7.40. The molecule has 112 valence electrons. The Morgan fingerprint density at radius 1 is 1.29 bits per heavy atom. The van der Waals surface area contributed by atoms with Crippen molar-refractivity contribution < 1.29 is 8.42 Å². The molecule has 5 nitrogen and oxygen atoms in total. The number of halogens is 2. The monoisotopic (exact) mass is 389 g/mol. The lowest BCUT2D eigenvalue weighted by Gasteiger charge is -2.14. The zero-order chi connectivity index (χ0) is 15.8. The molecule has 21 heavy (non-hydrogen) atoms. The Labute approximate surface area is 136 Å². The molecule has 0 atom stereocenters. The standard InChI is InChI=1S/C13H13BrClN3O2S/c1-7-3-4-17-13(15)12(7)18-21(19,20)11-6-10(16)9(14)5-8(11)2/h3-6,18H,16H2,1-2H3. The molecule has 2 rings (SSSR count). The van der Waals surface area contributed by atoms with Crippen molar-refractivity contribution in [2.75, 3.05) is 10.5 Å². The highest BCUT2D eigenvalue weighted by molar-refractivity contribution is 9.10. The first-order valence-electron chi connectivity index (χ1n) is 5.92. The fourth-order valence-corrected chi connectivity index (χ4v) is 3.96. The number of hydrogen-bond donors (Lipinski definition) is 2. The molecule has 3 N–H and O–H groups in total. The Kier molecular flexibility index (Phi) is 4.46. The van der Waals surface area contributed by atoms with Crippen LogP contribution in [0.15, 0.2) is 33.8 Å². The first-order chi connectivity index (χ1) is 9.72. The van der Waals surface area contributed by atoms with Crippen molar-refractivity contribution in [3.63, 3.8) is 0 Å². The number of benzene rings is 1. The van der Waals surface area contributed by atoms with Gasteiger partial charge in [0.05, 0.1) is 10.6 Å². The highest BCUT2D eigenvalue weighted by atomic mass is 79.9. The topological polar surface area (TPSA) is 85.1 Å². The highest BCUT2D eigenvalue weighted by Gasteiger charge is 2.20. The summed E-state index contributed by atoms with van der Waals surface area (Å²) < 4.78 is 28.2. The number of sulfonamides is 1. The lowest BCUT2D eigenvalue weighted by atomic mass is 10.2. The highest BCUT2D eigenvalue weighted by Crippen LogP contribution is 2.30. The molecule has 0 aliphatic heterocycles. The number of rotatable bonds is 3. The van der Waals surface area contributed by atoms with Gasteiger partial charge in [-0.05, 0) is 59.1 Å². The van der Waals surface area contributed by atoms with Gasteiger partial charge in [0.2, 0.25) is 0 Å². The van der Waals surface area contributed by atoms with Gasteiger partial charge in [0.25, 0.3) is 10.0 Å². The van der Waals surface area contributed by atoms with E-state index in [1.54, 1.807) is 26.0 Å². The Balaban J connectivity index is 2.51. The molecule has 0 spiro atoms. The molecule has 0 aliphatic rings. The summed E-state index contributed by atoms with van der Waals surface area (Å²) in [6.07, 6.45) is 1.51. The number of nitrogens with two attached hydrogens (primary N) is 1. The molecule has 1 aromatic heterocycles. The van der Waals surface area contributed by atoms with Crippen molar-refractivity contribution >= 4 is 48.9 Å². The summed E-state index contributed by atoms with van der Waals surface area (Å²) in [5.41, 5.74) is 7.62. The summed E-state index contributed by atoms with van der Waals surface area (Å²) in [6.45, 7) is 3.44. The van der Waals surface area contributed by atoms with E-state index >= 15 is 0 Å². The van der Waals surface area contributed by atoms with Gasteiger partial charge in [-0.3, -0.25) is 4.72 Å². The van der Waals surface area contributed by atoms with Crippen molar-refractivity contribution in [1.29, 1.82) is 0 Å². The van der Waals surface area contributed by atoms with Crippen LogP contribution in [0.1, 0.15) is 11.1 Å². The number of aryl methyl sites for hydroxylation is 2. The molecule has 1 aromatic carbocycles. The number of hydrogen-bond acceptors (Lipinski definition) is 4. The third kappa shape index (κ3) is 3.30. The number of nitrogen functional groups attached to an aromatic ring is 1. The zero-order valence-corrected chi connectivity index (χ0v) is 14.5. The molecule has 1 heterocycles. The maximum Gasteiger partial charge on any atom is 0.262 e. The Bertz CT molecular complexity index is 789. The average molecular weight is 391 g/mol. The molecular formula is C13H13BrClN3O2S. The van der Waals surface area contributed by atoms with Crippen LogP contribution >= 0.6 is 27.5 Å². The van der Waals surface area contributed by atoms with Gasteiger partial charge in [0, 0.05) is 16.4 Å². The molecule has 0 amide bonds. The van der Waals surface area contributed by atoms with E-state index in [0.29, 0.717) is 21.3 Å². The minimum absolute atomic E-state index is 0.0984. The molecule has 0 saturated heterocycles. The van der Waals surface area contributed by atoms with Crippen LogP contribution in [-0.4, -0.2) is 13.4 Å². The minimum Gasteiger partial charge on any atom is -0.398 e. The molecule has 0 bridgehead atoms. The summed E-state index contributed by atoms with van der Waals surface area (Å²) in [5, 5.41) is 0.0984. The van der Waals surface area contributed by atoms with Crippen molar-refractivity contribution in [3.05, 3.63) is 45.1 Å². The smallest absolute Gasteiger partial charge is 0.262 e. The van der Waals surface area contributed by atoms with Gasteiger partial charge in [-0.15, -0.1) is 0 Å². The van der Waals surface area contributed by atoms with E-state index in [0.717, 1.165) is 0 Å². The van der Waals surface area contributed by atoms with E-state index < -0.39 is 10.0 Å². The van der Waals surface area contributed by atoms with E-state index in [1.807, 2.05) is 0 Å². The number of anilines is 2. The molecule has 0 fully saturated rings. The lowest BCUT2D eigenvalue weighted by Crippen LogP contribution is -2.16. The third-order valence-corrected chi connectivity index (χ3v) is 5.40. The molecule has 2 aromatic rings. The maximum absolute atomic E-state index is 12.5. The minimum atomic E-state index is -3.80. The third-order valence-electron chi connectivity index (χ3n) is 2.93. The van der Waals surface area contributed by atoms with E-state index in [4.69, 9.17) is 17.3 Å². The van der Waals surface area contributed by atoms with E-state index in [-0.39, 0.29) is 15.7 Å². The molecule has 0 saturated carbocycles. The fraction of sp³-hybridized carbons (Fsp3) is 0.154. The number of nitrogens with one attached hydrogen (secondary N) is 1. The van der Waals surface area contributed by atoms with Crippen molar-refractivity contribution in [2.45, 2.75) is 18.7 Å². The zero-order valence-electron chi connectivity index (χ0n) is 11.3. The first-order valence-corrected chi connectivity index (χ1v) is 8.57. The van der Waals surface area contributed by atoms with Gasteiger partial charge in [0.15, 0.2) is 5.15 Å². The molecule has 0 aliphatic carbocycles. The van der Waals surface area contributed by atoms with Crippen LogP contribution in [0.4, 0.5) is 11.4 Å². The predicted molar refractivity (Wildman–Crippen MR) is 88.1 cm³/mol. The summed E-state index contributed by atoms with van der Waals surface area (Å²) in [7, 11) is -3.80. The van der Waals surface area contributed by atoms with Crippen LogP contribution in [0.5, 0.6) is 0 Å². The van der Waals surface area contributed by atoms with Gasteiger partial charge >= 0.3 is 0 Å². The van der Waals surface area contributed by atoms with Gasteiger partial charge in [0.1, 0.15) is 0 Å².